The van der Waals surface area contributed by atoms with Gasteiger partial charge in [0, 0.05) is 3.57 Å². The molecule has 0 radical (unpaired) electrons. The van der Waals surface area contributed by atoms with E-state index in [1.165, 1.54) is 3.57 Å². The molecule has 0 heterocycles. The highest BCUT2D eigenvalue weighted by atomic mass is 127. The van der Waals surface area contributed by atoms with E-state index in [1.54, 1.807) is 0 Å². The summed E-state index contributed by atoms with van der Waals surface area (Å²) in [7, 11) is 0. The Hall–Kier alpha value is -4.51. The molecule has 0 N–H and O–H groups in total. The van der Waals surface area contributed by atoms with Gasteiger partial charge < -0.3 is 0 Å². The second-order valence-corrected chi connectivity index (χ2v) is 11.3. The van der Waals surface area contributed by atoms with E-state index in [4.69, 9.17) is 0 Å². The Kier molecular flexibility index (Phi) is 11.2. The van der Waals surface area contributed by atoms with Crippen LogP contribution in [0.4, 0.5) is 87.8 Å². The number of halogens is 21. The van der Waals surface area contributed by atoms with Crippen molar-refractivity contribution in [3.05, 3.63) is 150 Å². The largest absolute Gasteiger partial charge is 0.207 e. The van der Waals surface area contributed by atoms with Gasteiger partial charge in [-0.25, -0.2) is 87.8 Å². The maximum absolute atomic E-state index is 15.4. The van der Waals surface area contributed by atoms with Crippen LogP contribution in [0.3, 0.4) is 0 Å². The molecular weight excluding hydrogens is 878 g/mol. The van der Waals surface area contributed by atoms with Crippen molar-refractivity contribution in [3.63, 3.8) is 0 Å². The Labute approximate surface area is 288 Å². The van der Waals surface area contributed by atoms with Gasteiger partial charge in [0.25, 0.3) is 0 Å². The van der Waals surface area contributed by atoms with Gasteiger partial charge in [0.1, 0.15) is 52.7 Å². The van der Waals surface area contributed by atoms with Crippen molar-refractivity contribution < 1.29 is 87.8 Å². The predicted molar refractivity (Wildman–Crippen MR) is 148 cm³/mol. The van der Waals surface area contributed by atoms with E-state index in [9.17, 15) is 52.7 Å². The van der Waals surface area contributed by atoms with E-state index < -0.39 is 144 Å². The van der Waals surface area contributed by atoms with Gasteiger partial charge in [-0.3, -0.25) is 0 Å². The van der Waals surface area contributed by atoms with E-state index in [2.05, 4.69) is 34.7 Å². The Morgan fingerprint density at radius 3 is 0.538 bits per heavy atom. The molecule has 0 unspecified atom stereocenters. The van der Waals surface area contributed by atoms with Crippen LogP contribution >= 0.6 is 22.6 Å². The molecule has 22 heteroatoms. The van der Waals surface area contributed by atoms with Crippen LogP contribution in [-0.2, 0) is 0 Å². The monoisotopic (exact) mass is 883 g/mol. The van der Waals surface area contributed by atoms with Gasteiger partial charge in [-0.1, -0.05) is 18.2 Å². The van der Waals surface area contributed by atoms with Gasteiger partial charge in [0.05, 0.1) is 0 Å². The molecule has 0 amide bonds. The zero-order valence-corrected chi connectivity index (χ0v) is 26.1. The topological polar surface area (TPSA) is 0 Å². The van der Waals surface area contributed by atoms with E-state index in [1.807, 2.05) is 18.2 Å². The highest BCUT2D eigenvalue weighted by molar-refractivity contribution is 14.1. The van der Waals surface area contributed by atoms with Crippen LogP contribution in [0, 0.1) is 120 Å². The molecular formula is C30H5BF20I-. The number of hydrogen-bond donors (Lipinski definition) is 0. The van der Waals surface area contributed by atoms with Gasteiger partial charge in [-0.15, -0.1) is 21.9 Å². The average molecular weight is 883 g/mol. The van der Waals surface area contributed by atoms with Crippen LogP contribution < -0.4 is 21.9 Å². The highest BCUT2D eigenvalue weighted by Crippen LogP contribution is 2.30. The molecule has 0 nitrogen and oxygen atoms in total. The van der Waals surface area contributed by atoms with Crippen LogP contribution in [-0.4, -0.2) is 6.15 Å². The minimum atomic E-state index is -7.22. The molecule has 0 aliphatic heterocycles. The highest BCUT2D eigenvalue weighted by Gasteiger charge is 2.52. The molecule has 0 fully saturated rings. The first-order valence-corrected chi connectivity index (χ1v) is 14.1. The second-order valence-electron chi connectivity index (χ2n) is 10.1. The minimum absolute atomic E-state index is 1.29. The van der Waals surface area contributed by atoms with Crippen LogP contribution in [0.25, 0.3) is 0 Å². The molecule has 5 rings (SSSR count). The second kappa shape index (κ2) is 14.5. The van der Waals surface area contributed by atoms with Crippen LogP contribution in [0.5, 0.6) is 0 Å². The summed E-state index contributed by atoms with van der Waals surface area (Å²) in [5, 5.41) is 0. The molecule has 0 aliphatic carbocycles. The Morgan fingerprint density at radius 1 is 0.250 bits per heavy atom. The Morgan fingerprint density at radius 2 is 0.404 bits per heavy atom. The summed E-state index contributed by atoms with van der Waals surface area (Å²) >= 11 is 2.28. The van der Waals surface area contributed by atoms with Gasteiger partial charge in [0.15, 0.2) is 69.8 Å². The number of hydrogen-bond acceptors (Lipinski definition) is 0. The molecule has 0 atom stereocenters. The number of rotatable bonds is 4. The maximum Gasteiger partial charge on any atom is 0.200 e. The quantitative estimate of drug-likeness (QED) is 0.0563. The zero-order chi connectivity index (χ0) is 39.5. The van der Waals surface area contributed by atoms with E-state index in [-0.39, 0.29) is 0 Å². The van der Waals surface area contributed by atoms with Gasteiger partial charge in [0.2, 0.25) is 0 Å². The third kappa shape index (κ3) is 5.91. The van der Waals surface area contributed by atoms with Crippen LogP contribution in [0.1, 0.15) is 0 Å². The standard InChI is InChI=1S/C24BF20.C6H5I/c26-5-1(6(27)14(35)21(42)13(5)34)25(2-7(28)15(36)22(43)16(37)8(2)29,3-9(30)17(38)23(44)18(39)10(3)31)4-11(32)19(40)24(45)20(41)12(4)33;7-6-4-2-1-3-5-6/h;1-5H/q-1;. The molecule has 0 saturated carbocycles. The first-order valence-electron chi connectivity index (χ1n) is 13.0. The third-order valence-corrected chi connectivity index (χ3v) is 8.16. The minimum Gasteiger partial charge on any atom is -0.207 e. The fourth-order valence-electron chi connectivity index (χ4n) is 5.29. The first-order chi connectivity index (χ1) is 24.1. The van der Waals surface area contributed by atoms with Crippen molar-refractivity contribution in [2.24, 2.45) is 0 Å². The Balaban J connectivity index is 0.000000771. The first kappa shape index (κ1) is 40.3. The molecule has 0 aromatic heterocycles. The summed E-state index contributed by atoms with van der Waals surface area (Å²) < 4.78 is 295. The van der Waals surface area contributed by atoms with Crippen LogP contribution in [0.2, 0.25) is 0 Å². The van der Waals surface area contributed by atoms with Crippen molar-refractivity contribution in [2.45, 2.75) is 0 Å². The summed E-state index contributed by atoms with van der Waals surface area (Å²) in [6.07, 6.45) is -7.22. The van der Waals surface area contributed by atoms with Crippen molar-refractivity contribution >= 4 is 50.6 Å². The summed E-state index contributed by atoms with van der Waals surface area (Å²) in [5.74, 6) is -71.4. The van der Waals surface area contributed by atoms with Gasteiger partial charge in [-0.2, -0.15) is 0 Å². The van der Waals surface area contributed by atoms with Crippen molar-refractivity contribution in [2.75, 3.05) is 0 Å². The summed E-state index contributed by atoms with van der Waals surface area (Å²) in [6.45, 7) is 0. The van der Waals surface area contributed by atoms with Crippen LogP contribution in [0.15, 0.2) is 30.3 Å². The molecule has 52 heavy (non-hydrogen) atoms. The van der Waals surface area contributed by atoms with Crippen molar-refractivity contribution in [1.82, 2.24) is 0 Å². The summed E-state index contributed by atoms with van der Waals surface area (Å²) in [5.41, 5.74) is -14.3. The van der Waals surface area contributed by atoms with Gasteiger partial charge >= 0.3 is 0 Å². The molecule has 0 spiro atoms. The predicted octanol–water partition coefficient (Wildman–Crippen LogP) is 8.14. The molecule has 0 aliphatic rings. The molecule has 0 saturated heterocycles. The lowest BCUT2D eigenvalue weighted by Crippen LogP contribution is -2.81. The fraction of sp³-hybridized carbons (Fsp3) is 0. The summed E-state index contributed by atoms with van der Waals surface area (Å²) in [6, 6.07) is 10.2. The van der Waals surface area contributed by atoms with E-state index >= 15 is 35.1 Å². The van der Waals surface area contributed by atoms with E-state index in [0.29, 0.717) is 0 Å². The smallest absolute Gasteiger partial charge is 0.200 e. The number of benzene rings is 5. The van der Waals surface area contributed by atoms with Crippen molar-refractivity contribution in [3.8, 4) is 0 Å². The SMILES string of the molecule is Fc1c(F)c(F)c([B-](c2c(F)c(F)c(F)c(F)c2F)(c2c(F)c(F)c(F)c(F)c2F)c2c(F)c(F)c(F)c(F)c2F)c(F)c1F.Ic1ccccc1. The lowest BCUT2D eigenvalue weighted by molar-refractivity contribution is 0.378. The average Bonchev–Trinajstić information content (AvgIpc) is 3.12. The fourth-order valence-corrected chi connectivity index (χ4v) is 5.70. The summed E-state index contributed by atoms with van der Waals surface area (Å²) in [4.78, 5) is 0. The third-order valence-electron chi connectivity index (χ3n) is 7.44. The molecule has 5 aromatic carbocycles. The van der Waals surface area contributed by atoms with Crippen molar-refractivity contribution in [1.29, 1.82) is 0 Å². The van der Waals surface area contributed by atoms with E-state index in [0.717, 1.165) is 0 Å². The normalized spacial score (nSPS) is 11.6. The lowest BCUT2D eigenvalue weighted by Gasteiger charge is -2.44. The molecule has 0 bridgehead atoms. The van der Waals surface area contributed by atoms with Gasteiger partial charge in [-0.05, 0) is 34.7 Å². The Bertz CT molecular complexity index is 1880. The molecule has 5 aromatic rings. The maximum atomic E-state index is 15.4. The lowest BCUT2D eigenvalue weighted by atomic mass is 9.12. The zero-order valence-electron chi connectivity index (χ0n) is 23.9. The molecule has 276 valence electrons.